The summed E-state index contributed by atoms with van der Waals surface area (Å²) in [6.07, 6.45) is -3.36. The van der Waals surface area contributed by atoms with E-state index < -0.39 is 18.0 Å². The Bertz CT molecular complexity index is 420. The van der Waals surface area contributed by atoms with Crippen molar-refractivity contribution in [2.45, 2.75) is 6.36 Å². The van der Waals surface area contributed by atoms with Crippen molar-refractivity contribution in [2.24, 2.45) is 0 Å². The lowest BCUT2D eigenvalue weighted by Gasteiger charge is -2.08. The van der Waals surface area contributed by atoms with E-state index in [1.807, 2.05) is 5.32 Å². The van der Waals surface area contributed by atoms with E-state index in [9.17, 15) is 18.0 Å². The van der Waals surface area contributed by atoms with Crippen LogP contribution in [0.2, 0.25) is 0 Å². The number of ether oxygens (including phenoxy) is 1. The van der Waals surface area contributed by atoms with E-state index in [4.69, 9.17) is 5.26 Å². The lowest BCUT2D eigenvalue weighted by Crippen LogP contribution is -2.18. The first-order valence-electron chi connectivity index (χ1n) is 3.97. The monoisotopic (exact) mass is 230 g/mol. The molecule has 0 aliphatic carbocycles. The van der Waals surface area contributed by atoms with Crippen molar-refractivity contribution in [1.29, 1.82) is 5.26 Å². The first-order chi connectivity index (χ1) is 7.42. The van der Waals surface area contributed by atoms with Crippen molar-refractivity contribution >= 4 is 5.91 Å². The summed E-state index contributed by atoms with van der Waals surface area (Å²) in [5.74, 6) is -1.12. The van der Waals surface area contributed by atoms with Crippen LogP contribution in [0.3, 0.4) is 0 Å². The maximum atomic E-state index is 11.8. The summed E-state index contributed by atoms with van der Waals surface area (Å²) in [5, 5.41) is 9.98. The molecule has 0 aromatic heterocycles. The average Bonchev–Trinajstić information content (AvgIpc) is 2.16. The molecule has 0 atom stereocenters. The highest BCUT2D eigenvalue weighted by Crippen LogP contribution is 2.22. The second-order valence-corrected chi connectivity index (χ2v) is 2.64. The second kappa shape index (κ2) is 4.53. The molecule has 7 heteroatoms. The van der Waals surface area contributed by atoms with Crippen LogP contribution in [0, 0.1) is 11.5 Å². The van der Waals surface area contributed by atoms with E-state index in [-0.39, 0.29) is 5.56 Å². The third-order valence-corrected chi connectivity index (χ3v) is 1.52. The molecule has 84 valence electrons. The largest absolute Gasteiger partial charge is 0.573 e. The third kappa shape index (κ3) is 3.49. The number of carbonyl (C=O) groups is 1. The number of carbonyl (C=O) groups excluding carboxylic acids is 1. The molecule has 0 aliphatic heterocycles. The highest BCUT2D eigenvalue weighted by atomic mass is 19.4. The van der Waals surface area contributed by atoms with Crippen LogP contribution in [-0.2, 0) is 0 Å². The number of nitrogens with zero attached hydrogens (tertiary/aromatic N) is 1. The fraction of sp³-hybridized carbons (Fsp3) is 0.111. The molecular weight excluding hydrogens is 225 g/mol. The van der Waals surface area contributed by atoms with Crippen molar-refractivity contribution in [3.05, 3.63) is 29.8 Å². The molecule has 0 saturated heterocycles. The van der Waals surface area contributed by atoms with Crippen molar-refractivity contribution in [3.63, 3.8) is 0 Å². The van der Waals surface area contributed by atoms with Gasteiger partial charge in [-0.25, -0.2) is 0 Å². The Balaban J connectivity index is 2.76. The summed E-state index contributed by atoms with van der Waals surface area (Å²) in [4.78, 5) is 11.0. The van der Waals surface area contributed by atoms with Gasteiger partial charge < -0.3 is 4.74 Å². The molecule has 4 nitrogen and oxygen atoms in total. The quantitative estimate of drug-likeness (QED) is 0.622. The van der Waals surface area contributed by atoms with Crippen LogP contribution in [0.5, 0.6) is 5.75 Å². The summed E-state index contributed by atoms with van der Waals surface area (Å²) in [6.45, 7) is 0. The molecule has 0 spiro atoms. The molecule has 0 fully saturated rings. The van der Waals surface area contributed by atoms with Gasteiger partial charge in [0.15, 0.2) is 6.19 Å². The van der Waals surface area contributed by atoms with E-state index in [1.54, 1.807) is 0 Å². The Kier molecular flexibility index (Phi) is 3.35. The van der Waals surface area contributed by atoms with Gasteiger partial charge in [-0.05, 0) is 24.3 Å². The molecule has 0 heterocycles. The van der Waals surface area contributed by atoms with Gasteiger partial charge in [-0.2, -0.15) is 5.26 Å². The summed E-state index contributed by atoms with van der Waals surface area (Å²) in [6, 6.07) is 4.21. The van der Waals surface area contributed by atoms with Gasteiger partial charge >= 0.3 is 6.36 Å². The maximum absolute atomic E-state index is 11.8. The molecule has 1 aromatic rings. The van der Waals surface area contributed by atoms with E-state index in [0.717, 1.165) is 24.3 Å². The minimum atomic E-state index is -4.77. The molecule has 0 aliphatic rings. The normalized spacial score (nSPS) is 10.4. The topological polar surface area (TPSA) is 62.1 Å². The van der Waals surface area contributed by atoms with E-state index >= 15 is 0 Å². The lowest BCUT2D eigenvalue weighted by atomic mass is 10.2. The second-order valence-electron chi connectivity index (χ2n) is 2.64. The number of rotatable bonds is 2. The molecule has 1 N–H and O–H groups in total. The average molecular weight is 230 g/mol. The Hall–Kier alpha value is -2.23. The van der Waals surface area contributed by atoms with Crippen LogP contribution in [0.4, 0.5) is 13.2 Å². The minimum absolute atomic E-state index is 0.0658. The van der Waals surface area contributed by atoms with Crippen LogP contribution >= 0.6 is 0 Å². The van der Waals surface area contributed by atoms with Gasteiger partial charge in [0.05, 0.1) is 0 Å². The first kappa shape index (κ1) is 11.8. The summed E-state index contributed by atoms with van der Waals surface area (Å²) in [5.41, 5.74) is 0.0658. The Labute approximate surface area is 88.2 Å². The highest BCUT2D eigenvalue weighted by Gasteiger charge is 2.30. The van der Waals surface area contributed by atoms with Crippen molar-refractivity contribution < 1.29 is 22.7 Å². The zero-order valence-corrected chi connectivity index (χ0v) is 7.71. The molecule has 1 amide bonds. The van der Waals surface area contributed by atoms with Crippen LogP contribution in [-0.4, -0.2) is 12.3 Å². The predicted molar refractivity (Wildman–Crippen MR) is 46.2 cm³/mol. The maximum Gasteiger partial charge on any atom is 0.573 e. The van der Waals surface area contributed by atoms with E-state index in [1.165, 1.54) is 6.19 Å². The zero-order chi connectivity index (χ0) is 12.2. The fourth-order valence-electron chi connectivity index (χ4n) is 0.931. The fourth-order valence-corrected chi connectivity index (χ4v) is 0.931. The van der Waals surface area contributed by atoms with Crippen LogP contribution in [0.25, 0.3) is 0 Å². The van der Waals surface area contributed by atoms with Crippen molar-refractivity contribution in [3.8, 4) is 11.9 Å². The highest BCUT2D eigenvalue weighted by molar-refractivity contribution is 5.95. The van der Waals surface area contributed by atoms with E-state index in [2.05, 4.69) is 4.74 Å². The number of hydrogen-bond donors (Lipinski definition) is 1. The minimum Gasteiger partial charge on any atom is -0.406 e. The summed E-state index contributed by atoms with van der Waals surface area (Å²) < 4.78 is 38.9. The number of amides is 1. The van der Waals surface area contributed by atoms with Gasteiger partial charge in [0.25, 0.3) is 5.91 Å². The molecule has 0 bridgehead atoms. The Morgan fingerprint density at radius 1 is 1.31 bits per heavy atom. The molecule has 0 radical (unpaired) electrons. The van der Waals surface area contributed by atoms with Gasteiger partial charge in [-0.1, -0.05) is 0 Å². The van der Waals surface area contributed by atoms with Gasteiger partial charge in [0.2, 0.25) is 0 Å². The third-order valence-electron chi connectivity index (χ3n) is 1.52. The molecular formula is C9H5F3N2O2. The van der Waals surface area contributed by atoms with Gasteiger partial charge in [0.1, 0.15) is 5.75 Å². The van der Waals surface area contributed by atoms with E-state index in [0.29, 0.717) is 0 Å². The molecule has 1 aromatic carbocycles. The Morgan fingerprint density at radius 2 is 1.88 bits per heavy atom. The SMILES string of the molecule is N#CNC(=O)c1ccc(OC(F)(F)F)cc1. The first-order valence-corrected chi connectivity index (χ1v) is 3.97. The standard InChI is InChI=1S/C9H5F3N2O2/c10-9(11,12)16-7-3-1-6(2-4-7)8(15)14-5-13/h1-4H,(H,14,15). The number of hydrogen-bond acceptors (Lipinski definition) is 3. The van der Waals surface area contributed by atoms with Gasteiger partial charge in [-0.15, -0.1) is 13.2 Å². The predicted octanol–water partition coefficient (Wildman–Crippen LogP) is 1.80. The summed E-state index contributed by atoms with van der Waals surface area (Å²) >= 11 is 0. The van der Waals surface area contributed by atoms with Crippen LogP contribution in [0.1, 0.15) is 10.4 Å². The molecule has 16 heavy (non-hydrogen) atoms. The number of alkyl halides is 3. The number of halogens is 3. The molecule has 0 unspecified atom stereocenters. The van der Waals surface area contributed by atoms with Gasteiger partial charge in [-0.3, -0.25) is 10.1 Å². The van der Waals surface area contributed by atoms with Crippen LogP contribution in [0.15, 0.2) is 24.3 Å². The smallest absolute Gasteiger partial charge is 0.406 e. The van der Waals surface area contributed by atoms with Crippen LogP contribution < -0.4 is 10.1 Å². The zero-order valence-electron chi connectivity index (χ0n) is 7.71. The van der Waals surface area contributed by atoms with Crippen molar-refractivity contribution in [2.75, 3.05) is 0 Å². The number of benzene rings is 1. The summed E-state index contributed by atoms with van der Waals surface area (Å²) in [7, 11) is 0. The molecule has 0 saturated carbocycles. The van der Waals surface area contributed by atoms with Gasteiger partial charge in [0, 0.05) is 5.56 Å². The van der Waals surface area contributed by atoms with Crippen molar-refractivity contribution in [1.82, 2.24) is 5.32 Å². The number of nitriles is 1. The number of nitrogens with one attached hydrogen (secondary N) is 1. The molecule has 1 rings (SSSR count). The Morgan fingerprint density at radius 3 is 2.31 bits per heavy atom. The lowest BCUT2D eigenvalue weighted by molar-refractivity contribution is -0.274.